The molecule has 2 aromatic heterocycles. The number of carboxylic acids is 1. The second kappa shape index (κ2) is 5.17. The molecule has 0 aliphatic heterocycles. The molecule has 2 aromatic rings. The van der Waals surface area contributed by atoms with Crippen LogP contribution in [-0.2, 0) is 14.6 Å². The van der Waals surface area contributed by atoms with Crippen molar-refractivity contribution in [2.24, 2.45) is 0 Å². The van der Waals surface area contributed by atoms with Gasteiger partial charge in [0.25, 0.3) is 5.91 Å². The van der Waals surface area contributed by atoms with Crippen LogP contribution in [0.3, 0.4) is 0 Å². The van der Waals surface area contributed by atoms with Crippen molar-refractivity contribution in [1.82, 2.24) is 14.3 Å². The summed E-state index contributed by atoms with van der Waals surface area (Å²) in [6.07, 6.45) is 2.47. The standard InChI is InChI=1S/C12H13N3O5S/c1-14(7-9(16)17)11(18)10-8-5-3-4-6-15(8)12(13-10)21(2,19)20/h3-6H,7H2,1-2H3,(H,16,17). The molecule has 0 unspecified atom stereocenters. The van der Waals surface area contributed by atoms with Crippen molar-refractivity contribution in [3.8, 4) is 0 Å². The Balaban J connectivity index is 2.60. The van der Waals surface area contributed by atoms with E-state index in [-0.39, 0.29) is 10.9 Å². The summed E-state index contributed by atoms with van der Waals surface area (Å²) in [6.45, 7) is -0.501. The smallest absolute Gasteiger partial charge is 0.323 e. The summed E-state index contributed by atoms with van der Waals surface area (Å²) in [6, 6.07) is 4.79. The number of pyridine rings is 1. The van der Waals surface area contributed by atoms with E-state index in [9.17, 15) is 18.0 Å². The molecule has 0 aliphatic carbocycles. The first-order chi connectivity index (χ1) is 9.71. The first-order valence-electron chi connectivity index (χ1n) is 5.86. The first-order valence-corrected chi connectivity index (χ1v) is 7.75. The Morgan fingerprint density at radius 3 is 2.62 bits per heavy atom. The number of aliphatic carboxylic acids is 1. The normalized spacial score (nSPS) is 11.5. The lowest BCUT2D eigenvalue weighted by Crippen LogP contribution is -2.32. The van der Waals surface area contributed by atoms with Gasteiger partial charge in [0.05, 0.1) is 5.52 Å². The van der Waals surface area contributed by atoms with E-state index in [0.29, 0.717) is 5.52 Å². The number of carbonyl (C=O) groups is 2. The van der Waals surface area contributed by atoms with Crippen molar-refractivity contribution in [3.05, 3.63) is 30.1 Å². The molecule has 0 radical (unpaired) electrons. The van der Waals surface area contributed by atoms with Gasteiger partial charge in [0.2, 0.25) is 15.0 Å². The monoisotopic (exact) mass is 311 g/mol. The molecule has 21 heavy (non-hydrogen) atoms. The Hall–Kier alpha value is -2.42. The molecule has 0 saturated carbocycles. The summed E-state index contributed by atoms with van der Waals surface area (Å²) in [5, 5.41) is 8.45. The minimum atomic E-state index is -3.63. The van der Waals surface area contributed by atoms with E-state index in [2.05, 4.69) is 4.98 Å². The zero-order valence-electron chi connectivity index (χ0n) is 11.3. The van der Waals surface area contributed by atoms with Gasteiger partial charge in [0, 0.05) is 19.5 Å². The van der Waals surface area contributed by atoms with E-state index in [0.717, 1.165) is 11.2 Å². The van der Waals surface area contributed by atoms with Crippen LogP contribution < -0.4 is 0 Å². The highest BCUT2D eigenvalue weighted by molar-refractivity contribution is 7.90. The maximum absolute atomic E-state index is 12.2. The summed E-state index contributed by atoms with van der Waals surface area (Å²) in [4.78, 5) is 27.7. The number of likely N-dealkylation sites (N-methyl/N-ethyl adjacent to an activating group) is 1. The number of fused-ring (bicyclic) bond motifs is 1. The van der Waals surface area contributed by atoms with E-state index in [1.54, 1.807) is 18.2 Å². The van der Waals surface area contributed by atoms with Crippen LogP contribution in [0.4, 0.5) is 0 Å². The lowest BCUT2D eigenvalue weighted by atomic mass is 10.3. The van der Waals surface area contributed by atoms with Gasteiger partial charge in [-0.3, -0.25) is 14.0 Å². The van der Waals surface area contributed by atoms with Crippen molar-refractivity contribution in [3.63, 3.8) is 0 Å². The van der Waals surface area contributed by atoms with Gasteiger partial charge < -0.3 is 10.0 Å². The van der Waals surface area contributed by atoms with Crippen LogP contribution in [0.2, 0.25) is 0 Å². The maximum atomic E-state index is 12.2. The number of carbonyl (C=O) groups excluding carboxylic acids is 1. The molecule has 0 aromatic carbocycles. The largest absolute Gasteiger partial charge is 0.480 e. The number of nitrogens with zero attached hydrogens (tertiary/aromatic N) is 3. The van der Waals surface area contributed by atoms with Gasteiger partial charge in [0.15, 0.2) is 5.69 Å². The molecule has 0 spiro atoms. The van der Waals surface area contributed by atoms with Crippen LogP contribution in [0.15, 0.2) is 29.6 Å². The first kappa shape index (κ1) is 15.0. The van der Waals surface area contributed by atoms with Crippen LogP contribution in [-0.4, -0.2) is 59.5 Å². The van der Waals surface area contributed by atoms with Crippen LogP contribution in [0.5, 0.6) is 0 Å². The van der Waals surface area contributed by atoms with Crippen LogP contribution in [0.1, 0.15) is 10.5 Å². The van der Waals surface area contributed by atoms with Crippen LogP contribution in [0.25, 0.3) is 5.52 Å². The molecule has 0 fully saturated rings. The van der Waals surface area contributed by atoms with Crippen molar-refractivity contribution < 1.29 is 23.1 Å². The topological polar surface area (TPSA) is 109 Å². The predicted molar refractivity (Wildman–Crippen MR) is 72.9 cm³/mol. The third kappa shape index (κ3) is 2.87. The zero-order chi connectivity index (χ0) is 15.8. The lowest BCUT2D eigenvalue weighted by molar-refractivity contribution is -0.137. The summed E-state index contributed by atoms with van der Waals surface area (Å²) in [7, 11) is -2.32. The molecule has 112 valence electrons. The highest BCUT2D eigenvalue weighted by Crippen LogP contribution is 2.18. The average molecular weight is 311 g/mol. The SMILES string of the molecule is CN(CC(=O)O)C(=O)c1nc(S(C)(=O)=O)n2ccccc12. The number of aromatic nitrogens is 2. The van der Waals surface area contributed by atoms with Crippen molar-refractivity contribution >= 4 is 27.2 Å². The molecular weight excluding hydrogens is 298 g/mol. The van der Waals surface area contributed by atoms with Gasteiger partial charge in [-0.05, 0) is 12.1 Å². The second-order valence-corrected chi connectivity index (χ2v) is 6.44. The van der Waals surface area contributed by atoms with Gasteiger partial charge in [-0.1, -0.05) is 6.07 Å². The summed E-state index contributed by atoms with van der Waals surface area (Å²) < 4.78 is 24.7. The van der Waals surface area contributed by atoms with Crippen molar-refractivity contribution in [2.45, 2.75) is 5.16 Å². The van der Waals surface area contributed by atoms with Crippen LogP contribution >= 0.6 is 0 Å². The molecular formula is C12H13N3O5S. The van der Waals surface area contributed by atoms with E-state index in [1.165, 1.54) is 17.6 Å². The third-order valence-electron chi connectivity index (χ3n) is 2.77. The second-order valence-electron chi connectivity index (χ2n) is 4.53. The fraction of sp³-hybridized carbons (Fsp3) is 0.250. The average Bonchev–Trinajstić information content (AvgIpc) is 2.76. The number of imidazole rings is 1. The highest BCUT2D eigenvalue weighted by atomic mass is 32.2. The molecule has 0 saturated heterocycles. The predicted octanol–water partition coefficient (Wildman–Crippen LogP) is -0.106. The van der Waals surface area contributed by atoms with E-state index in [1.807, 2.05) is 0 Å². The minimum absolute atomic E-state index is 0.0974. The molecule has 9 heteroatoms. The molecule has 1 N–H and O–H groups in total. The van der Waals surface area contributed by atoms with E-state index >= 15 is 0 Å². The third-order valence-corrected chi connectivity index (χ3v) is 3.72. The van der Waals surface area contributed by atoms with E-state index in [4.69, 9.17) is 5.11 Å². The minimum Gasteiger partial charge on any atom is -0.480 e. The zero-order valence-corrected chi connectivity index (χ0v) is 12.2. The molecule has 0 bridgehead atoms. The highest BCUT2D eigenvalue weighted by Gasteiger charge is 2.25. The molecule has 2 heterocycles. The van der Waals surface area contributed by atoms with E-state index < -0.39 is 28.3 Å². The van der Waals surface area contributed by atoms with Gasteiger partial charge >= 0.3 is 5.97 Å². The summed E-state index contributed by atoms with van der Waals surface area (Å²) >= 11 is 0. The Morgan fingerprint density at radius 1 is 1.38 bits per heavy atom. The number of hydrogen-bond acceptors (Lipinski definition) is 5. The number of hydrogen-bond donors (Lipinski definition) is 1. The number of amides is 1. The quantitative estimate of drug-likeness (QED) is 0.844. The van der Waals surface area contributed by atoms with Gasteiger partial charge in [-0.2, -0.15) is 0 Å². The molecule has 0 atom stereocenters. The Morgan fingerprint density at radius 2 is 2.05 bits per heavy atom. The lowest BCUT2D eigenvalue weighted by Gasteiger charge is -2.12. The van der Waals surface area contributed by atoms with Gasteiger partial charge in [0.1, 0.15) is 6.54 Å². The molecule has 2 rings (SSSR count). The molecule has 8 nitrogen and oxygen atoms in total. The Kier molecular flexibility index (Phi) is 3.69. The number of sulfone groups is 1. The molecule has 0 aliphatic rings. The fourth-order valence-electron chi connectivity index (χ4n) is 1.88. The van der Waals surface area contributed by atoms with Crippen molar-refractivity contribution in [1.29, 1.82) is 0 Å². The summed E-state index contributed by atoms with van der Waals surface area (Å²) in [5.41, 5.74) is 0.208. The van der Waals surface area contributed by atoms with Crippen molar-refractivity contribution in [2.75, 3.05) is 19.8 Å². The fourth-order valence-corrected chi connectivity index (χ4v) is 2.66. The van der Waals surface area contributed by atoms with Gasteiger partial charge in [-0.15, -0.1) is 0 Å². The molecule has 1 amide bonds. The number of rotatable bonds is 4. The number of carboxylic acid groups (broad SMARTS) is 1. The van der Waals surface area contributed by atoms with Crippen LogP contribution in [0, 0.1) is 0 Å². The summed E-state index contributed by atoms with van der Waals surface area (Å²) in [5.74, 6) is -1.83. The Labute approximate surface area is 120 Å². The van der Waals surface area contributed by atoms with Gasteiger partial charge in [-0.25, -0.2) is 13.4 Å². The Bertz CT molecular complexity index is 825. The maximum Gasteiger partial charge on any atom is 0.323 e.